The first-order valence-electron chi connectivity index (χ1n) is 6.05. The minimum atomic E-state index is -1.74. The lowest BCUT2D eigenvalue weighted by Gasteiger charge is -2.37. The van der Waals surface area contributed by atoms with E-state index in [-0.39, 0.29) is 24.1 Å². The summed E-state index contributed by atoms with van der Waals surface area (Å²) < 4.78 is 8.30. The minimum Gasteiger partial charge on any atom is -0.456 e. The van der Waals surface area contributed by atoms with Crippen LogP contribution >= 0.6 is 34.8 Å². The van der Waals surface area contributed by atoms with Gasteiger partial charge in [-0.25, -0.2) is 4.79 Å². The van der Waals surface area contributed by atoms with Crippen LogP contribution in [0.1, 0.15) is 20.3 Å². The Balaban J connectivity index is 2.18. The van der Waals surface area contributed by atoms with Crippen LogP contribution in [0, 0.1) is 0 Å². The third kappa shape index (κ3) is 3.27. The Morgan fingerprint density at radius 3 is 2.48 bits per heavy atom. The minimum absolute atomic E-state index is 0.0525. The summed E-state index contributed by atoms with van der Waals surface area (Å²) in [4.78, 5) is 36.1. The van der Waals surface area contributed by atoms with Crippen molar-refractivity contribution in [3.63, 3.8) is 0 Å². The van der Waals surface area contributed by atoms with Gasteiger partial charge >= 0.3 is 11.9 Å². The van der Waals surface area contributed by atoms with Gasteiger partial charge in [-0.2, -0.15) is 0 Å². The van der Waals surface area contributed by atoms with E-state index in [4.69, 9.17) is 44.3 Å². The zero-order chi connectivity index (χ0) is 15.9. The van der Waals surface area contributed by atoms with Crippen molar-refractivity contribution in [1.82, 2.24) is 4.90 Å². The van der Waals surface area contributed by atoms with Gasteiger partial charge in [-0.05, 0) is 6.92 Å². The molecule has 116 valence electrons. The zero-order valence-electron chi connectivity index (χ0n) is 11.2. The first-order chi connectivity index (χ1) is 9.61. The molecular weight excluding hydrogens is 344 g/mol. The highest BCUT2D eigenvalue weighted by Crippen LogP contribution is 2.40. The van der Waals surface area contributed by atoms with Gasteiger partial charge in [0.05, 0.1) is 12.5 Å². The van der Waals surface area contributed by atoms with E-state index < -0.39 is 28.4 Å². The number of esters is 2. The molecule has 2 aliphatic rings. The van der Waals surface area contributed by atoms with Gasteiger partial charge in [0.1, 0.15) is 18.4 Å². The Kier molecular flexibility index (Phi) is 4.42. The van der Waals surface area contributed by atoms with E-state index in [1.165, 1.54) is 11.8 Å². The van der Waals surface area contributed by atoms with E-state index in [9.17, 15) is 14.4 Å². The normalized spacial score (nSPS) is 24.6. The highest BCUT2D eigenvalue weighted by Gasteiger charge is 2.54. The number of β-lactam (4-membered cyclic amide) rings is 1. The maximum Gasteiger partial charge on any atom is 0.355 e. The molecule has 1 amide bonds. The van der Waals surface area contributed by atoms with Crippen LogP contribution in [0.5, 0.6) is 0 Å². The summed E-state index contributed by atoms with van der Waals surface area (Å²) in [7, 11) is 0. The van der Waals surface area contributed by atoms with Gasteiger partial charge in [-0.15, -0.1) is 0 Å². The molecule has 0 saturated carbocycles. The van der Waals surface area contributed by atoms with Gasteiger partial charge in [0, 0.05) is 12.5 Å². The van der Waals surface area contributed by atoms with Crippen LogP contribution in [0.25, 0.3) is 0 Å². The summed E-state index contributed by atoms with van der Waals surface area (Å²) in [6.07, 6.45) is -0.438. The molecular formula is C12H12Cl3NO5. The highest BCUT2D eigenvalue weighted by molar-refractivity contribution is 6.67. The molecule has 0 bridgehead atoms. The number of hydrogen-bond donors (Lipinski definition) is 0. The molecule has 2 aliphatic heterocycles. The maximum atomic E-state index is 12.1. The van der Waals surface area contributed by atoms with Crippen molar-refractivity contribution in [3.8, 4) is 0 Å². The molecule has 0 radical (unpaired) electrons. The van der Waals surface area contributed by atoms with Gasteiger partial charge in [-0.3, -0.25) is 14.5 Å². The summed E-state index contributed by atoms with van der Waals surface area (Å²) in [6, 6.07) is -0.364. The Hall–Kier alpha value is -0.980. The summed E-state index contributed by atoms with van der Waals surface area (Å²) in [5.41, 5.74) is 0.507. The lowest BCUT2D eigenvalue weighted by molar-refractivity contribution is -0.158. The van der Waals surface area contributed by atoms with Crippen LogP contribution in [0.4, 0.5) is 0 Å². The fourth-order valence-corrected chi connectivity index (χ4v) is 2.57. The van der Waals surface area contributed by atoms with Gasteiger partial charge in [-0.1, -0.05) is 34.8 Å². The van der Waals surface area contributed by atoms with Crippen LogP contribution in [0.3, 0.4) is 0 Å². The average Bonchev–Trinajstić information content (AvgIpc) is 2.55. The van der Waals surface area contributed by atoms with Crippen LogP contribution in [0.2, 0.25) is 0 Å². The number of rotatable bonds is 3. The monoisotopic (exact) mass is 355 g/mol. The standard InChI is InChI=1S/C12H12Cl3NO5/c1-5-9(11(19)20-4-12(13,14)15)16-7(3-8(16)18)10(5)21-6(2)17/h7,10H,3-4H2,1-2H3/t7-,10?/m0/s1. The van der Waals surface area contributed by atoms with E-state index in [0.717, 1.165) is 0 Å². The molecule has 0 aromatic carbocycles. The third-order valence-electron chi connectivity index (χ3n) is 3.23. The lowest BCUT2D eigenvalue weighted by atomic mass is 9.98. The first kappa shape index (κ1) is 16.4. The summed E-state index contributed by atoms with van der Waals surface area (Å²) in [5.74, 6) is -1.52. The fourth-order valence-electron chi connectivity index (χ4n) is 2.41. The van der Waals surface area contributed by atoms with Crippen molar-refractivity contribution in [2.75, 3.05) is 6.61 Å². The Morgan fingerprint density at radius 2 is 2.00 bits per heavy atom. The van der Waals surface area contributed by atoms with Gasteiger partial charge in [0.2, 0.25) is 9.70 Å². The third-order valence-corrected chi connectivity index (χ3v) is 3.56. The molecule has 0 N–H and O–H groups in total. The van der Waals surface area contributed by atoms with E-state index in [0.29, 0.717) is 5.57 Å². The summed E-state index contributed by atoms with van der Waals surface area (Å²) >= 11 is 16.5. The van der Waals surface area contributed by atoms with Crippen LogP contribution in [-0.2, 0) is 23.9 Å². The zero-order valence-corrected chi connectivity index (χ0v) is 13.5. The topological polar surface area (TPSA) is 72.9 Å². The van der Waals surface area contributed by atoms with Crippen molar-refractivity contribution in [1.29, 1.82) is 0 Å². The number of fused-ring (bicyclic) bond motifs is 1. The van der Waals surface area contributed by atoms with Gasteiger partial charge < -0.3 is 9.47 Å². The van der Waals surface area contributed by atoms with E-state index in [1.54, 1.807) is 6.92 Å². The Morgan fingerprint density at radius 1 is 1.38 bits per heavy atom. The molecule has 2 rings (SSSR count). The maximum absolute atomic E-state index is 12.1. The van der Waals surface area contributed by atoms with Crippen LogP contribution < -0.4 is 0 Å². The molecule has 9 heteroatoms. The molecule has 2 heterocycles. The molecule has 1 fully saturated rings. The molecule has 1 unspecified atom stereocenters. The second-order valence-electron chi connectivity index (χ2n) is 4.79. The van der Waals surface area contributed by atoms with Crippen molar-refractivity contribution >= 4 is 52.6 Å². The smallest absolute Gasteiger partial charge is 0.355 e. The van der Waals surface area contributed by atoms with Gasteiger partial charge in [0.15, 0.2) is 0 Å². The number of carbonyl (C=O) groups is 3. The molecule has 1 saturated heterocycles. The fraction of sp³-hybridized carbons (Fsp3) is 0.583. The quantitative estimate of drug-likeness (QED) is 0.437. The predicted octanol–water partition coefficient (Wildman–Crippen LogP) is 1.72. The number of alkyl halides is 3. The summed E-state index contributed by atoms with van der Waals surface area (Å²) in [5, 5.41) is 0. The highest BCUT2D eigenvalue weighted by atomic mass is 35.6. The number of nitrogens with zero attached hydrogens (tertiary/aromatic N) is 1. The van der Waals surface area contributed by atoms with Crippen molar-refractivity contribution < 1.29 is 23.9 Å². The largest absolute Gasteiger partial charge is 0.456 e. The number of carbonyl (C=O) groups excluding carboxylic acids is 3. The number of ether oxygens (including phenoxy) is 2. The van der Waals surface area contributed by atoms with Crippen LogP contribution in [-0.4, -0.2) is 45.3 Å². The molecule has 2 atom stereocenters. The Labute approximate surface area is 135 Å². The second kappa shape index (κ2) is 5.66. The van der Waals surface area contributed by atoms with Crippen molar-refractivity contribution in [2.24, 2.45) is 0 Å². The van der Waals surface area contributed by atoms with Crippen LogP contribution in [0.15, 0.2) is 11.3 Å². The SMILES string of the molecule is CC(=O)OC1C(C)=C(C(=O)OCC(Cl)(Cl)Cl)N2C(=O)C[C@@H]12. The van der Waals surface area contributed by atoms with Gasteiger partial charge in [0.25, 0.3) is 0 Å². The number of amides is 1. The molecule has 21 heavy (non-hydrogen) atoms. The van der Waals surface area contributed by atoms with E-state index in [1.807, 2.05) is 0 Å². The van der Waals surface area contributed by atoms with Crippen molar-refractivity contribution in [2.45, 2.75) is 36.2 Å². The molecule has 0 aliphatic carbocycles. The predicted molar refractivity (Wildman–Crippen MR) is 74.8 cm³/mol. The Bertz CT molecular complexity index is 540. The van der Waals surface area contributed by atoms with E-state index in [2.05, 4.69) is 0 Å². The van der Waals surface area contributed by atoms with Crippen molar-refractivity contribution in [3.05, 3.63) is 11.3 Å². The lowest BCUT2D eigenvalue weighted by Crippen LogP contribution is -2.54. The van der Waals surface area contributed by atoms with E-state index >= 15 is 0 Å². The number of halogens is 3. The average molecular weight is 357 g/mol. The second-order valence-corrected chi connectivity index (χ2v) is 7.30. The first-order valence-corrected chi connectivity index (χ1v) is 7.19. The summed E-state index contributed by atoms with van der Waals surface area (Å²) in [6.45, 7) is 2.42. The molecule has 0 aromatic heterocycles. The molecule has 0 spiro atoms. The number of hydrogen-bond acceptors (Lipinski definition) is 5. The molecule has 0 aromatic rings. The molecule has 6 nitrogen and oxygen atoms in total.